The Hall–Kier alpha value is -1.69. The maximum absolute atomic E-state index is 12.6. The number of rotatable bonds is 1. The number of fused-ring (bicyclic) bond motifs is 1. The fourth-order valence-electron chi connectivity index (χ4n) is 3.28. The summed E-state index contributed by atoms with van der Waals surface area (Å²) in [4.78, 5) is 39.2. The maximum Gasteiger partial charge on any atom is 0.331 e. The van der Waals surface area contributed by atoms with Gasteiger partial charge in [-0.15, -0.1) is 11.3 Å². The molecule has 4 rings (SSSR count). The highest BCUT2D eigenvalue weighted by Gasteiger charge is 2.63. The first kappa shape index (κ1) is 12.1. The van der Waals surface area contributed by atoms with Gasteiger partial charge in [0.15, 0.2) is 0 Å². The topological polar surface area (TPSA) is 66.5 Å². The van der Waals surface area contributed by atoms with Gasteiger partial charge in [0, 0.05) is 4.88 Å². The number of nitrogens with zero attached hydrogens (tertiary/aromatic N) is 1. The number of hydrogen-bond acceptors (Lipinski definition) is 4. The number of imide groups is 2. The van der Waals surface area contributed by atoms with E-state index in [1.807, 2.05) is 11.4 Å². The van der Waals surface area contributed by atoms with Crippen molar-refractivity contribution in [3.05, 3.63) is 21.9 Å². The van der Waals surface area contributed by atoms with Crippen LogP contribution in [0.15, 0.2) is 11.4 Å². The van der Waals surface area contributed by atoms with Crippen LogP contribution < -0.4 is 5.32 Å². The lowest BCUT2D eigenvalue weighted by atomic mass is 9.90. The molecule has 104 valence electrons. The monoisotopic (exact) mass is 290 g/mol. The van der Waals surface area contributed by atoms with Crippen molar-refractivity contribution in [3.8, 4) is 0 Å². The first-order valence-electron chi connectivity index (χ1n) is 6.89. The molecule has 2 aliphatic carbocycles. The number of carbonyl (C=O) groups is 3. The standard InChI is InChI=1S/C14H14N2O3S/c17-11-14(5-6-14)12(18)16(13(19)15-11)9-2-1-3-10-8(9)4-7-20-10/h4,7,9H,1-3,5-6H2,(H,15,17,19). The second-order valence-corrected chi connectivity index (χ2v) is 6.72. The predicted molar refractivity (Wildman–Crippen MR) is 72.0 cm³/mol. The SMILES string of the molecule is O=C1NC(=O)C2(CC2)C(=O)N1C1CCCc2sccc21. The van der Waals surface area contributed by atoms with E-state index in [2.05, 4.69) is 5.32 Å². The smallest absolute Gasteiger partial charge is 0.277 e. The predicted octanol–water partition coefficient (Wildman–Crippen LogP) is 1.98. The van der Waals surface area contributed by atoms with Crippen molar-refractivity contribution in [2.45, 2.75) is 38.1 Å². The summed E-state index contributed by atoms with van der Waals surface area (Å²) in [5.74, 6) is -0.708. The van der Waals surface area contributed by atoms with Crippen LogP contribution in [0.25, 0.3) is 0 Å². The van der Waals surface area contributed by atoms with Crippen LogP contribution in [0.4, 0.5) is 4.79 Å². The van der Waals surface area contributed by atoms with E-state index in [1.165, 1.54) is 9.78 Å². The number of urea groups is 1. The van der Waals surface area contributed by atoms with Gasteiger partial charge in [-0.3, -0.25) is 19.8 Å². The summed E-state index contributed by atoms with van der Waals surface area (Å²) in [6.45, 7) is 0. The van der Waals surface area contributed by atoms with Crippen molar-refractivity contribution in [2.24, 2.45) is 5.41 Å². The zero-order valence-corrected chi connectivity index (χ0v) is 11.7. The minimum atomic E-state index is -0.943. The van der Waals surface area contributed by atoms with E-state index in [1.54, 1.807) is 11.3 Å². The van der Waals surface area contributed by atoms with Gasteiger partial charge in [-0.2, -0.15) is 0 Å². The number of barbiturate groups is 1. The number of aryl methyl sites for hydroxylation is 1. The highest BCUT2D eigenvalue weighted by atomic mass is 32.1. The highest BCUT2D eigenvalue weighted by Crippen LogP contribution is 2.51. The molecule has 1 saturated heterocycles. The Morgan fingerprint density at radius 2 is 2.10 bits per heavy atom. The molecule has 0 aromatic carbocycles. The Morgan fingerprint density at radius 3 is 2.85 bits per heavy atom. The van der Waals surface area contributed by atoms with E-state index in [4.69, 9.17) is 0 Å². The molecule has 1 saturated carbocycles. The molecule has 1 atom stereocenters. The molecule has 2 heterocycles. The molecule has 20 heavy (non-hydrogen) atoms. The van der Waals surface area contributed by atoms with Crippen LogP contribution in [0.5, 0.6) is 0 Å². The van der Waals surface area contributed by atoms with Gasteiger partial charge in [0.05, 0.1) is 6.04 Å². The van der Waals surface area contributed by atoms with Gasteiger partial charge in [-0.1, -0.05) is 0 Å². The summed E-state index contributed by atoms with van der Waals surface area (Å²) in [7, 11) is 0. The molecule has 1 aliphatic heterocycles. The van der Waals surface area contributed by atoms with Crippen molar-refractivity contribution in [3.63, 3.8) is 0 Å². The average molecular weight is 290 g/mol. The number of amides is 4. The maximum atomic E-state index is 12.6. The summed E-state index contributed by atoms with van der Waals surface area (Å²) in [6.07, 6.45) is 3.88. The van der Waals surface area contributed by atoms with Crippen LogP contribution in [0.1, 0.15) is 42.2 Å². The Bertz CT molecular complexity index is 632. The van der Waals surface area contributed by atoms with Crippen LogP contribution in [0.3, 0.4) is 0 Å². The molecular formula is C14H14N2O3S. The Labute approximate surface area is 119 Å². The summed E-state index contributed by atoms with van der Waals surface area (Å²) in [6, 6.07) is 1.24. The molecule has 1 N–H and O–H groups in total. The third-order valence-corrected chi connectivity index (χ3v) is 5.58. The first-order valence-corrected chi connectivity index (χ1v) is 7.77. The molecule has 1 unspecified atom stereocenters. The van der Waals surface area contributed by atoms with Gasteiger partial charge in [0.2, 0.25) is 11.8 Å². The normalized spacial score (nSPS) is 27.5. The van der Waals surface area contributed by atoms with Gasteiger partial charge < -0.3 is 0 Å². The van der Waals surface area contributed by atoms with Crippen LogP contribution in [-0.4, -0.2) is 22.7 Å². The summed E-state index contributed by atoms with van der Waals surface area (Å²) < 4.78 is 0. The second-order valence-electron chi connectivity index (χ2n) is 5.72. The molecule has 1 spiro atoms. The molecular weight excluding hydrogens is 276 g/mol. The number of nitrogens with one attached hydrogen (secondary N) is 1. The van der Waals surface area contributed by atoms with E-state index in [-0.39, 0.29) is 11.9 Å². The van der Waals surface area contributed by atoms with Crippen molar-refractivity contribution >= 4 is 29.2 Å². The van der Waals surface area contributed by atoms with E-state index >= 15 is 0 Å². The van der Waals surface area contributed by atoms with Gasteiger partial charge in [-0.05, 0) is 49.1 Å². The Kier molecular flexibility index (Phi) is 2.36. The van der Waals surface area contributed by atoms with Crippen LogP contribution in [-0.2, 0) is 16.0 Å². The molecule has 4 amide bonds. The van der Waals surface area contributed by atoms with Gasteiger partial charge >= 0.3 is 6.03 Å². The fourth-order valence-corrected chi connectivity index (χ4v) is 4.26. The molecule has 2 fully saturated rings. The summed E-state index contributed by atoms with van der Waals surface area (Å²) in [5, 5.41) is 4.37. The molecule has 1 aromatic rings. The first-order chi connectivity index (χ1) is 9.63. The zero-order valence-electron chi connectivity index (χ0n) is 10.8. The second kappa shape index (κ2) is 3.91. The van der Waals surface area contributed by atoms with E-state index < -0.39 is 17.4 Å². The lowest BCUT2D eigenvalue weighted by Crippen LogP contribution is -2.60. The third-order valence-electron chi connectivity index (χ3n) is 4.58. The molecule has 0 radical (unpaired) electrons. The van der Waals surface area contributed by atoms with Crippen molar-refractivity contribution in [1.82, 2.24) is 10.2 Å². The van der Waals surface area contributed by atoms with E-state index in [9.17, 15) is 14.4 Å². The minimum Gasteiger partial charge on any atom is -0.277 e. The lowest BCUT2D eigenvalue weighted by molar-refractivity contribution is -0.146. The van der Waals surface area contributed by atoms with Crippen molar-refractivity contribution in [2.75, 3.05) is 0 Å². The molecule has 6 heteroatoms. The molecule has 0 bridgehead atoms. The van der Waals surface area contributed by atoms with E-state index in [0.717, 1.165) is 24.8 Å². The van der Waals surface area contributed by atoms with E-state index in [0.29, 0.717) is 12.8 Å². The van der Waals surface area contributed by atoms with Crippen molar-refractivity contribution < 1.29 is 14.4 Å². The molecule has 5 nitrogen and oxygen atoms in total. The zero-order chi connectivity index (χ0) is 13.9. The molecule has 3 aliphatic rings. The third kappa shape index (κ3) is 1.45. The van der Waals surface area contributed by atoms with Crippen LogP contribution in [0.2, 0.25) is 0 Å². The Morgan fingerprint density at radius 1 is 1.30 bits per heavy atom. The van der Waals surface area contributed by atoms with Crippen LogP contribution in [0, 0.1) is 5.41 Å². The average Bonchev–Trinajstić information content (AvgIpc) is 3.09. The summed E-state index contributed by atoms with van der Waals surface area (Å²) in [5.41, 5.74) is 0.136. The largest absolute Gasteiger partial charge is 0.331 e. The number of thiophene rings is 1. The van der Waals surface area contributed by atoms with Crippen molar-refractivity contribution in [1.29, 1.82) is 0 Å². The van der Waals surface area contributed by atoms with Gasteiger partial charge in [-0.25, -0.2) is 4.79 Å². The van der Waals surface area contributed by atoms with Crippen LogP contribution >= 0.6 is 11.3 Å². The highest BCUT2D eigenvalue weighted by molar-refractivity contribution is 7.10. The summed E-state index contributed by atoms with van der Waals surface area (Å²) >= 11 is 1.68. The number of hydrogen-bond donors (Lipinski definition) is 1. The molecule has 1 aromatic heterocycles. The minimum absolute atomic E-state index is 0.205. The Balaban J connectivity index is 1.74. The number of carbonyl (C=O) groups excluding carboxylic acids is 3. The van der Waals surface area contributed by atoms with Gasteiger partial charge in [0.25, 0.3) is 0 Å². The van der Waals surface area contributed by atoms with Gasteiger partial charge in [0.1, 0.15) is 5.41 Å². The quantitative estimate of drug-likeness (QED) is 0.804. The fraction of sp³-hybridized carbons (Fsp3) is 0.500. The lowest BCUT2D eigenvalue weighted by Gasteiger charge is -2.37.